The molecule has 6 heteroatoms. The average molecular weight is 414 g/mol. The predicted molar refractivity (Wildman–Crippen MR) is 122 cm³/mol. The highest BCUT2D eigenvalue weighted by atomic mass is 32.1. The van der Waals surface area contributed by atoms with Crippen LogP contribution in [0.1, 0.15) is 11.1 Å². The van der Waals surface area contributed by atoms with Crippen molar-refractivity contribution in [2.75, 3.05) is 5.43 Å². The Labute approximate surface area is 178 Å². The number of thiazole rings is 1. The first-order valence-corrected chi connectivity index (χ1v) is 10.3. The van der Waals surface area contributed by atoms with Gasteiger partial charge in [0, 0.05) is 10.9 Å². The maximum atomic E-state index is 10.8. The zero-order valence-corrected chi connectivity index (χ0v) is 16.8. The van der Waals surface area contributed by atoms with Crippen LogP contribution < -0.4 is 5.43 Å². The van der Waals surface area contributed by atoms with Crippen LogP contribution in [0.5, 0.6) is 0 Å². The number of hydrogen-bond donors (Lipinski definition) is 2. The van der Waals surface area contributed by atoms with Crippen LogP contribution in [0.2, 0.25) is 0 Å². The SMILES string of the molecule is O=C(O)Cc1ccc(-c2ccc(C=NNc3nc(-c4ccccc4)cs3)cc2)cc1. The van der Waals surface area contributed by atoms with Crippen LogP contribution in [-0.4, -0.2) is 22.3 Å². The number of anilines is 1. The summed E-state index contributed by atoms with van der Waals surface area (Å²) in [6.45, 7) is 0. The molecule has 2 N–H and O–H groups in total. The normalized spacial score (nSPS) is 10.9. The molecule has 4 aromatic rings. The molecule has 0 atom stereocenters. The van der Waals surface area contributed by atoms with Crippen LogP contribution in [0.3, 0.4) is 0 Å². The minimum absolute atomic E-state index is 0.0363. The Morgan fingerprint density at radius 1 is 0.933 bits per heavy atom. The highest BCUT2D eigenvalue weighted by Gasteiger charge is 2.04. The fourth-order valence-corrected chi connectivity index (χ4v) is 3.65. The van der Waals surface area contributed by atoms with E-state index in [2.05, 4.69) is 15.5 Å². The number of aliphatic carboxylic acids is 1. The monoisotopic (exact) mass is 413 g/mol. The summed E-state index contributed by atoms with van der Waals surface area (Å²) in [4.78, 5) is 15.3. The molecule has 0 spiro atoms. The molecule has 0 unspecified atom stereocenters. The molecule has 3 aromatic carbocycles. The summed E-state index contributed by atoms with van der Waals surface area (Å²) in [5, 5.41) is 15.9. The van der Waals surface area contributed by atoms with Gasteiger partial charge in [-0.1, -0.05) is 78.9 Å². The predicted octanol–water partition coefficient (Wildman–Crippen LogP) is 5.55. The number of rotatable bonds is 7. The molecule has 0 saturated carbocycles. The summed E-state index contributed by atoms with van der Waals surface area (Å²) < 4.78 is 0. The first kappa shape index (κ1) is 19.5. The van der Waals surface area contributed by atoms with E-state index in [9.17, 15) is 4.79 Å². The van der Waals surface area contributed by atoms with Gasteiger partial charge < -0.3 is 5.11 Å². The molecule has 0 aliphatic heterocycles. The van der Waals surface area contributed by atoms with E-state index in [-0.39, 0.29) is 6.42 Å². The van der Waals surface area contributed by atoms with Crippen molar-refractivity contribution < 1.29 is 9.90 Å². The van der Waals surface area contributed by atoms with E-state index in [4.69, 9.17) is 5.11 Å². The summed E-state index contributed by atoms with van der Waals surface area (Å²) in [7, 11) is 0. The van der Waals surface area contributed by atoms with Crippen molar-refractivity contribution in [3.63, 3.8) is 0 Å². The molecule has 0 radical (unpaired) electrons. The third-order valence-corrected chi connectivity index (χ3v) is 5.25. The number of carbonyl (C=O) groups is 1. The van der Waals surface area contributed by atoms with Crippen molar-refractivity contribution in [1.82, 2.24) is 4.98 Å². The lowest BCUT2D eigenvalue weighted by atomic mass is 10.0. The largest absolute Gasteiger partial charge is 0.481 e. The lowest BCUT2D eigenvalue weighted by molar-refractivity contribution is -0.136. The lowest BCUT2D eigenvalue weighted by Crippen LogP contribution is -1.99. The quantitative estimate of drug-likeness (QED) is 0.308. The maximum Gasteiger partial charge on any atom is 0.307 e. The first-order valence-electron chi connectivity index (χ1n) is 9.38. The standard InChI is InChI=1S/C24H19N3O2S/c28-23(29)14-17-6-10-19(11-7-17)20-12-8-18(9-13-20)15-25-27-24-26-22(16-30-24)21-4-2-1-3-5-21/h1-13,15-16H,14H2,(H,26,27)(H,28,29). The Bertz CT molecular complexity index is 1150. The van der Waals surface area contributed by atoms with Gasteiger partial charge in [0.25, 0.3) is 0 Å². The summed E-state index contributed by atoms with van der Waals surface area (Å²) >= 11 is 1.51. The Kier molecular flexibility index (Phi) is 5.96. The Morgan fingerprint density at radius 3 is 2.27 bits per heavy atom. The third-order valence-electron chi connectivity index (χ3n) is 4.50. The van der Waals surface area contributed by atoms with E-state index < -0.39 is 5.97 Å². The van der Waals surface area contributed by atoms with Gasteiger partial charge in [0.2, 0.25) is 5.13 Å². The van der Waals surface area contributed by atoms with Gasteiger partial charge in [0.15, 0.2) is 0 Å². The Balaban J connectivity index is 1.37. The number of hydrazone groups is 1. The van der Waals surface area contributed by atoms with Gasteiger partial charge in [-0.3, -0.25) is 10.2 Å². The molecule has 0 aliphatic rings. The number of benzene rings is 3. The second-order valence-electron chi connectivity index (χ2n) is 6.66. The van der Waals surface area contributed by atoms with Crippen LogP contribution in [0.25, 0.3) is 22.4 Å². The van der Waals surface area contributed by atoms with Crippen molar-refractivity contribution in [2.24, 2.45) is 5.10 Å². The van der Waals surface area contributed by atoms with Gasteiger partial charge in [-0.2, -0.15) is 5.10 Å². The van der Waals surface area contributed by atoms with Crippen molar-refractivity contribution in [3.8, 4) is 22.4 Å². The first-order chi connectivity index (χ1) is 14.7. The number of hydrogen-bond acceptors (Lipinski definition) is 5. The van der Waals surface area contributed by atoms with Crippen LogP contribution in [0.15, 0.2) is 89.3 Å². The van der Waals surface area contributed by atoms with Gasteiger partial charge in [0.05, 0.1) is 18.3 Å². The van der Waals surface area contributed by atoms with Gasteiger partial charge in [0.1, 0.15) is 0 Å². The van der Waals surface area contributed by atoms with Gasteiger partial charge in [-0.15, -0.1) is 11.3 Å². The molecular weight excluding hydrogens is 394 g/mol. The number of carboxylic acid groups (broad SMARTS) is 1. The zero-order chi connectivity index (χ0) is 20.8. The highest BCUT2D eigenvalue weighted by molar-refractivity contribution is 7.14. The van der Waals surface area contributed by atoms with E-state index >= 15 is 0 Å². The van der Waals surface area contributed by atoms with Crippen LogP contribution in [0, 0.1) is 0 Å². The van der Waals surface area contributed by atoms with Crippen LogP contribution in [-0.2, 0) is 11.2 Å². The molecule has 4 rings (SSSR count). The zero-order valence-electron chi connectivity index (χ0n) is 16.0. The van der Waals surface area contributed by atoms with E-state index in [1.165, 1.54) is 11.3 Å². The second-order valence-corrected chi connectivity index (χ2v) is 7.52. The molecule has 1 heterocycles. The lowest BCUT2D eigenvalue weighted by Gasteiger charge is -2.04. The molecule has 0 bridgehead atoms. The molecule has 30 heavy (non-hydrogen) atoms. The molecular formula is C24H19N3O2S. The second kappa shape index (κ2) is 9.15. The molecule has 0 fully saturated rings. The van der Waals surface area contributed by atoms with E-state index in [1.807, 2.05) is 84.2 Å². The summed E-state index contributed by atoms with van der Waals surface area (Å²) in [6.07, 6.45) is 1.79. The van der Waals surface area contributed by atoms with E-state index in [0.717, 1.165) is 38.6 Å². The fourth-order valence-electron chi connectivity index (χ4n) is 2.98. The molecule has 5 nitrogen and oxygen atoms in total. The molecule has 0 saturated heterocycles. The Hall–Kier alpha value is -3.77. The Morgan fingerprint density at radius 2 is 1.60 bits per heavy atom. The number of nitrogens with zero attached hydrogens (tertiary/aromatic N) is 2. The smallest absolute Gasteiger partial charge is 0.307 e. The fraction of sp³-hybridized carbons (Fsp3) is 0.0417. The average Bonchev–Trinajstić information content (AvgIpc) is 3.24. The molecule has 148 valence electrons. The van der Waals surface area contributed by atoms with Gasteiger partial charge >= 0.3 is 5.97 Å². The minimum atomic E-state index is -0.825. The van der Waals surface area contributed by atoms with Crippen molar-refractivity contribution in [3.05, 3.63) is 95.4 Å². The topological polar surface area (TPSA) is 74.6 Å². The highest BCUT2D eigenvalue weighted by Crippen LogP contribution is 2.24. The van der Waals surface area contributed by atoms with Crippen LogP contribution in [0.4, 0.5) is 5.13 Å². The van der Waals surface area contributed by atoms with Gasteiger partial charge in [-0.05, 0) is 22.3 Å². The van der Waals surface area contributed by atoms with Gasteiger partial charge in [-0.25, -0.2) is 4.98 Å². The minimum Gasteiger partial charge on any atom is -0.481 e. The molecule has 0 amide bonds. The van der Waals surface area contributed by atoms with E-state index in [1.54, 1.807) is 6.21 Å². The van der Waals surface area contributed by atoms with Crippen molar-refractivity contribution in [2.45, 2.75) is 6.42 Å². The van der Waals surface area contributed by atoms with Crippen molar-refractivity contribution in [1.29, 1.82) is 0 Å². The number of carboxylic acids is 1. The molecule has 0 aliphatic carbocycles. The third kappa shape index (κ3) is 4.98. The van der Waals surface area contributed by atoms with Crippen molar-refractivity contribution >= 4 is 28.7 Å². The summed E-state index contributed by atoms with van der Waals surface area (Å²) in [6, 6.07) is 25.6. The number of nitrogens with one attached hydrogen (secondary N) is 1. The summed E-state index contributed by atoms with van der Waals surface area (Å²) in [5.74, 6) is -0.825. The van der Waals surface area contributed by atoms with Crippen LogP contribution >= 0.6 is 11.3 Å². The van der Waals surface area contributed by atoms with E-state index in [0.29, 0.717) is 0 Å². The number of aromatic nitrogens is 1. The molecule has 1 aromatic heterocycles. The maximum absolute atomic E-state index is 10.8. The summed E-state index contributed by atoms with van der Waals surface area (Å²) in [5.41, 5.74) is 8.85.